The van der Waals surface area contributed by atoms with Gasteiger partial charge < -0.3 is 5.11 Å². The molecular weight excluding hydrogens is 64.0 g/mol. The molecule has 0 aliphatic rings. The lowest BCUT2D eigenvalue weighted by molar-refractivity contribution is 0.399. The van der Waals surface area contributed by atoms with Crippen LogP contribution < -0.4 is 0 Å². The van der Waals surface area contributed by atoms with Gasteiger partial charge in [-0.25, -0.2) is 0 Å². The normalized spacial score (nSPS) is 2.00. The summed E-state index contributed by atoms with van der Waals surface area (Å²) in [7, 11) is 1.00. The van der Waals surface area contributed by atoms with Crippen LogP contribution in [0.15, 0.2) is 13.2 Å². The minimum Gasteiger partial charge on any atom is -0.400 e. The van der Waals surface area contributed by atoms with Crippen molar-refractivity contribution in [1.82, 2.24) is 0 Å². The molecule has 0 aromatic heterocycles. The Morgan fingerprint density at radius 3 is 1.20 bits per heavy atom. The lowest BCUT2D eigenvalue weighted by Crippen LogP contribution is -1.25. The summed E-state index contributed by atoms with van der Waals surface area (Å²) in [6, 6.07) is 0. The van der Waals surface area contributed by atoms with E-state index in [4.69, 9.17) is 5.11 Å². The smallest absolute Gasteiger partial charge is 0.0319 e. The molecule has 0 amide bonds. The maximum absolute atomic E-state index is 7.00. The second-order valence-corrected chi connectivity index (χ2v) is 0. The first-order valence-corrected chi connectivity index (χ1v) is 0.947. The van der Waals surface area contributed by atoms with Crippen LogP contribution in [0.1, 0.15) is 7.43 Å². The van der Waals surface area contributed by atoms with Gasteiger partial charge in [0.05, 0.1) is 0 Å². The maximum atomic E-state index is 7.00. The second-order valence-electron chi connectivity index (χ2n) is 0. The van der Waals surface area contributed by atoms with Crippen molar-refractivity contribution in [3.8, 4) is 0 Å². The highest BCUT2D eigenvalue weighted by atomic mass is 16.2. The van der Waals surface area contributed by atoms with Crippen molar-refractivity contribution < 1.29 is 5.11 Å². The summed E-state index contributed by atoms with van der Waals surface area (Å²) in [6.07, 6.45) is 0. The molecule has 0 aromatic carbocycles. The van der Waals surface area contributed by atoms with Crippen LogP contribution in [0.5, 0.6) is 0 Å². The van der Waals surface area contributed by atoms with Gasteiger partial charge in [-0.1, -0.05) is 7.43 Å². The monoisotopic (exact) mass is 76.1 g/mol. The van der Waals surface area contributed by atoms with E-state index in [2.05, 4.69) is 13.2 Å². The molecular formula is C4H12O. The van der Waals surface area contributed by atoms with Crippen LogP contribution in [0.2, 0.25) is 0 Å². The Morgan fingerprint density at radius 2 is 1.20 bits per heavy atom. The molecule has 0 radical (unpaired) electrons. The molecule has 0 aliphatic carbocycles. The van der Waals surface area contributed by atoms with Crippen molar-refractivity contribution in [2.24, 2.45) is 0 Å². The Bertz CT molecular complexity index is 3.61. The molecule has 0 heterocycles. The molecule has 0 saturated carbocycles. The second kappa shape index (κ2) is 300. The Morgan fingerprint density at radius 1 is 1.20 bits per heavy atom. The Hall–Kier alpha value is -0.300. The molecule has 1 nitrogen and oxygen atoms in total. The van der Waals surface area contributed by atoms with Gasteiger partial charge in [0.25, 0.3) is 0 Å². The van der Waals surface area contributed by atoms with Crippen molar-refractivity contribution in [3.63, 3.8) is 0 Å². The van der Waals surface area contributed by atoms with Gasteiger partial charge in [0.2, 0.25) is 0 Å². The van der Waals surface area contributed by atoms with Crippen LogP contribution in [-0.4, -0.2) is 12.2 Å². The average Bonchev–Trinajstić information content (AvgIpc) is 1.50. The summed E-state index contributed by atoms with van der Waals surface area (Å²) < 4.78 is 0. The van der Waals surface area contributed by atoms with Gasteiger partial charge in [-0.3, -0.25) is 0 Å². The van der Waals surface area contributed by atoms with E-state index in [0.717, 1.165) is 7.11 Å². The summed E-state index contributed by atoms with van der Waals surface area (Å²) in [5, 5.41) is 7.00. The van der Waals surface area contributed by atoms with Gasteiger partial charge >= 0.3 is 0 Å². The SMILES string of the molecule is C.C=C.CO. The lowest BCUT2D eigenvalue weighted by Gasteiger charge is -1.21. The molecule has 5 heavy (non-hydrogen) atoms. The van der Waals surface area contributed by atoms with E-state index in [1.807, 2.05) is 0 Å². The molecule has 0 bridgehead atoms. The standard InChI is InChI=1S/C2H4.CH4O.CH4/c2*1-2;/h1-2H2;2H,1H3;1H4. The fourth-order valence-corrected chi connectivity index (χ4v) is 0. The fourth-order valence-electron chi connectivity index (χ4n) is 0. The molecule has 1 heteroatoms. The van der Waals surface area contributed by atoms with Gasteiger partial charge in [0, 0.05) is 7.11 Å². The van der Waals surface area contributed by atoms with Crippen LogP contribution >= 0.6 is 0 Å². The van der Waals surface area contributed by atoms with Gasteiger partial charge in [0.15, 0.2) is 0 Å². The summed E-state index contributed by atoms with van der Waals surface area (Å²) in [4.78, 5) is 0. The zero-order valence-corrected chi connectivity index (χ0v) is 2.86. The highest BCUT2D eigenvalue weighted by molar-refractivity contribution is 4.22. The zero-order chi connectivity index (χ0) is 4.00. The predicted octanol–water partition coefficient (Wildman–Crippen LogP) is 1.05. The van der Waals surface area contributed by atoms with E-state index >= 15 is 0 Å². The molecule has 0 fully saturated rings. The number of aliphatic hydroxyl groups excluding tert-OH is 1. The average molecular weight is 76.1 g/mol. The molecule has 0 aromatic rings. The van der Waals surface area contributed by atoms with Crippen molar-refractivity contribution in [2.75, 3.05) is 7.11 Å². The minimum absolute atomic E-state index is 0. The van der Waals surface area contributed by atoms with E-state index < -0.39 is 0 Å². The third kappa shape index (κ3) is 119. The topological polar surface area (TPSA) is 20.2 Å². The largest absolute Gasteiger partial charge is 0.400 e. The fraction of sp³-hybridized carbons (Fsp3) is 0.500. The van der Waals surface area contributed by atoms with Crippen molar-refractivity contribution in [1.29, 1.82) is 0 Å². The first-order chi connectivity index (χ1) is 2.00. The zero-order valence-electron chi connectivity index (χ0n) is 2.86. The summed E-state index contributed by atoms with van der Waals surface area (Å²) in [5.74, 6) is 0. The minimum atomic E-state index is 0. The number of rotatable bonds is 0. The summed E-state index contributed by atoms with van der Waals surface area (Å²) in [5.41, 5.74) is 0. The highest BCUT2D eigenvalue weighted by Gasteiger charge is 0.839. The summed E-state index contributed by atoms with van der Waals surface area (Å²) in [6.45, 7) is 6.00. The molecule has 0 atom stereocenters. The number of hydrogen-bond donors (Lipinski definition) is 1. The lowest BCUT2D eigenvalue weighted by atomic mass is 11.3. The van der Waals surface area contributed by atoms with Gasteiger partial charge in [-0.2, -0.15) is 0 Å². The highest BCUT2D eigenvalue weighted by Crippen LogP contribution is 0.862. The van der Waals surface area contributed by atoms with Crippen LogP contribution in [-0.2, 0) is 0 Å². The molecule has 0 rings (SSSR count). The van der Waals surface area contributed by atoms with Crippen LogP contribution in [0.25, 0.3) is 0 Å². The van der Waals surface area contributed by atoms with Crippen LogP contribution in [0.4, 0.5) is 0 Å². The Labute approximate surface area is 34.0 Å². The number of aliphatic hydroxyl groups is 1. The van der Waals surface area contributed by atoms with E-state index in [1.54, 1.807) is 0 Å². The van der Waals surface area contributed by atoms with E-state index in [-0.39, 0.29) is 7.43 Å². The molecule has 34 valence electrons. The van der Waals surface area contributed by atoms with Crippen molar-refractivity contribution in [3.05, 3.63) is 13.2 Å². The summed E-state index contributed by atoms with van der Waals surface area (Å²) >= 11 is 0. The van der Waals surface area contributed by atoms with Gasteiger partial charge in [-0.05, 0) is 0 Å². The van der Waals surface area contributed by atoms with Crippen LogP contribution in [0, 0.1) is 0 Å². The molecule has 0 saturated heterocycles. The molecule has 0 aliphatic heterocycles. The van der Waals surface area contributed by atoms with E-state index in [9.17, 15) is 0 Å². The Kier molecular flexibility index (Phi) is 1330. The predicted molar refractivity (Wildman–Crippen MR) is 26.1 cm³/mol. The maximum Gasteiger partial charge on any atom is 0.0319 e. The molecule has 1 N–H and O–H groups in total. The Balaban J connectivity index is -0.0000000133. The van der Waals surface area contributed by atoms with E-state index in [1.165, 1.54) is 0 Å². The van der Waals surface area contributed by atoms with Crippen molar-refractivity contribution >= 4 is 0 Å². The van der Waals surface area contributed by atoms with Crippen LogP contribution in [0.3, 0.4) is 0 Å². The van der Waals surface area contributed by atoms with Gasteiger partial charge in [0.1, 0.15) is 0 Å². The van der Waals surface area contributed by atoms with Gasteiger partial charge in [-0.15, -0.1) is 13.2 Å². The third-order valence-electron chi connectivity index (χ3n) is 0. The molecule has 0 unspecified atom stereocenters. The quantitative estimate of drug-likeness (QED) is 0.427. The van der Waals surface area contributed by atoms with E-state index in [0.29, 0.717) is 0 Å². The first kappa shape index (κ1) is 22.3. The number of hydrogen-bond acceptors (Lipinski definition) is 1. The molecule has 0 spiro atoms. The van der Waals surface area contributed by atoms with Crippen molar-refractivity contribution in [2.45, 2.75) is 7.43 Å². The first-order valence-electron chi connectivity index (χ1n) is 0.947. The third-order valence-corrected chi connectivity index (χ3v) is 0.